The minimum absolute atomic E-state index is 0.0267. The molecular formula is C12H16BrNO4S. The second-order valence-corrected chi connectivity index (χ2v) is 6.58. The van der Waals surface area contributed by atoms with Gasteiger partial charge in [-0.3, -0.25) is 4.79 Å². The van der Waals surface area contributed by atoms with E-state index in [-0.39, 0.29) is 25.4 Å². The zero-order chi connectivity index (χ0) is 14.3. The lowest BCUT2D eigenvalue weighted by Gasteiger charge is -2.12. The topological polar surface area (TPSA) is 86.6 Å². The van der Waals surface area contributed by atoms with Crippen molar-refractivity contribution in [3.63, 3.8) is 0 Å². The number of thiophene rings is 1. The van der Waals surface area contributed by atoms with Gasteiger partial charge < -0.3 is 15.5 Å². The number of halogens is 1. The van der Waals surface area contributed by atoms with Crippen LogP contribution in [0.15, 0.2) is 15.9 Å². The summed E-state index contributed by atoms with van der Waals surface area (Å²) in [6, 6.07) is 2.95. The zero-order valence-electron chi connectivity index (χ0n) is 10.3. The molecule has 0 bridgehead atoms. The van der Waals surface area contributed by atoms with Crippen molar-refractivity contribution in [2.75, 3.05) is 6.61 Å². The van der Waals surface area contributed by atoms with Gasteiger partial charge >= 0.3 is 5.97 Å². The molecule has 1 rings (SSSR count). The Kier molecular flexibility index (Phi) is 7.04. The average Bonchev–Trinajstić information content (AvgIpc) is 2.74. The molecule has 1 aromatic rings. The fourth-order valence-electron chi connectivity index (χ4n) is 1.56. The number of carbonyl (C=O) groups is 2. The fraction of sp³-hybridized carbons (Fsp3) is 0.500. The van der Waals surface area contributed by atoms with E-state index in [4.69, 9.17) is 10.2 Å². The van der Waals surface area contributed by atoms with Crippen molar-refractivity contribution in [3.05, 3.63) is 20.8 Å². The largest absolute Gasteiger partial charge is 0.480 e. The molecule has 0 saturated heterocycles. The second kappa shape index (κ2) is 8.29. The Morgan fingerprint density at radius 2 is 2.16 bits per heavy atom. The van der Waals surface area contributed by atoms with Gasteiger partial charge in [0.25, 0.3) is 0 Å². The van der Waals surface area contributed by atoms with Crippen LogP contribution in [0.2, 0.25) is 0 Å². The summed E-state index contributed by atoms with van der Waals surface area (Å²) in [5.41, 5.74) is 0. The van der Waals surface area contributed by atoms with E-state index in [1.54, 1.807) is 11.3 Å². The molecule has 19 heavy (non-hydrogen) atoms. The molecule has 0 unspecified atom stereocenters. The predicted octanol–water partition coefficient (Wildman–Crippen LogP) is 1.79. The third kappa shape index (κ3) is 6.17. The lowest BCUT2D eigenvalue weighted by Crippen LogP contribution is -2.41. The van der Waals surface area contributed by atoms with Crippen molar-refractivity contribution in [1.29, 1.82) is 0 Å². The monoisotopic (exact) mass is 349 g/mol. The summed E-state index contributed by atoms with van der Waals surface area (Å²) in [4.78, 5) is 23.5. The standard InChI is InChI=1S/C12H16BrNO4S/c13-10-5-4-8(19-10)2-1-3-11(16)14-9(6-7-15)12(17)18/h4-5,9,15H,1-3,6-7H2,(H,14,16)(H,17,18)/t9-/m0/s1. The number of hydrogen-bond acceptors (Lipinski definition) is 4. The first kappa shape index (κ1) is 16.1. The number of aliphatic hydroxyl groups is 1. The Balaban J connectivity index is 2.28. The first-order valence-electron chi connectivity index (χ1n) is 5.90. The SMILES string of the molecule is O=C(CCCc1ccc(Br)s1)N[C@@H](CCO)C(=O)O. The van der Waals surface area contributed by atoms with Gasteiger partial charge in [0, 0.05) is 24.3 Å². The fourth-order valence-corrected chi connectivity index (χ4v) is 3.09. The van der Waals surface area contributed by atoms with Crippen LogP contribution in [-0.2, 0) is 16.0 Å². The molecule has 0 aliphatic carbocycles. The van der Waals surface area contributed by atoms with E-state index in [9.17, 15) is 9.59 Å². The third-order valence-corrected chi connectivity index (χ3v) is 4.19. The normalized spacial score (nSPS) is 12.1. The molecule has 7 heteroatoms. The van der Waals surface area contributed by atoms with Crippen LogP contribution in [0.3, 0.4) is 0 Å². The molecule has 5 nitrogen and oxygen atoms in total. The Morgan fingerprint density at radius 1 is 1.42 bits per heavy atom. The minimum atomic E-state index is -1.12. The van der Waals surface area contributed by atoms with Crippen LogP contribution in [0, 0.1) is 0 Å². The summed E-state index contributed by atoms with van der Waals surface area (Å²) < 4.78 is 1.06. The quantitative estimate of drug-likeness (QED) is 0.667. The van der Waals surface area contributed by atoms with Crippen LogP contribution in [0.4, 0.5) is 0 Å². The summed E-state index contributed by atoms with van der Waals surface area (Å²) in [6.07, 6.45) is 1.77. The van der Waals surface area contributed by atoms with Gasteiger partial charge in [-0.25, -0.2) is 4.79 Å². The number of aliphatic carboxylic acids is 1. The van der Waals surface area contributed by atoms with Gasteiger partial charge in [-0.05, 0) is 40.9 Å². The van der Waals surface area contributed by atoms with E-state index in [2.05, 4.69) is 21.2 Å². The minimum Gasteiger partial charge on any atom is -0.480 e. The van der Waals surface area contributed by atoms with Gasteiger partial charge in [-0.15, -0.1) is 11.3 Å². The van der Waals surface area contributed by atoms with Crippen LogP contribution in [0.25, 0.3) is 0 Å². The van der Waals surface area contributed by atoms with Crippen molar-refractivity contribution in [1.82, 2.24) is 5.32 Å². The van der Waals surface area contributed by atoms with Crippen LogP contribution in [-0.4, -0.2) is 34.7 Å². The molecule has 1 atom stereocenters. The van der Waals surface area contributed by atoms with Gasteiger partial charge in [-0.1, -0.05) is 0 Å². The molecule has 0 fully saturated rings. The molecule has 1 aromatic heterocycles. The van der Waals surface area contributed by atoms with E-state index in [1.807, 2.05) is 12.1 Å². The molecule has 1 heterocycles. The number of carboxylic acid groups (broad SMARTS) is 1. The molecule has 0 aromatic carbocycles. The predicted molar refractivity (Wildman–Crippen MR) is 76.2 cm³/mol. The number of aryl methyl sites for hydroxylation is 1. The summed E-state index contributed by atoms with van der Waals surface area (Å²) in [5, 5.41) is 19.9. The maximum Gasteiger partial charge on any atom is 0.326 e. The van der Waals surface area contributed by atoms with Gasteiger partial charge in [0.05, 0.1) is 3.79 Å². The summed E-state index contributed by atoms with van der Waals surface area (Å²) in [7, 11) is 0. The van der Waals surface area contributed by atoms with E-state index < -0.39 is 12.0 Å². The Labute approximate surface area is 123 Å². The number of carboxylic acids is 1. The number of aliphatic hydroxyl groups excluding tert-OH is 1. The second-order valence-electron chi connectivity index (χ2n) is 4.03. The first-order chi connectivity index (χ1) is 9.02. The highest BCUT2D eigenvalue weighted by molar-refractivity contribution is 9.11. The number of hydrogen-bond donors (Lipinski definition) is 3. The number of amides is 1. The lowest BCUT2D eigenvalue weighted by atomic mass is 10.1. The molecule has 0 aliphatic rings. The number of rotatable bonds is 8. The Hall–Kier alpha value is -0.920. The molecule has 1 amide bonds. The Morgan fingerprint density at radius 3 is 2.68 bits per heavy atom. The van der Waals surface area contributed by atoms with Crippen molar-refractivity contribution in [3.8, 4) is 0 Å². The van der Waals surface area contributed by atoms with E-state index in [0.717, 1.165) is 10.2 Å². The third-order valence-electron chi connectivity index (χ3n) is 2.51. The molecular weight excluding hydrogens is 334 g/mol. The van der Waals surface area contributed by atoms with Crippen molar-refractivity contribution < 1.29 is 19.8 Å². The van der Waals surface area contributed by atoms with Crippen molar-refractivity contribution in [2.45, 2.75) is 31.7 Å². The molecule has 3 N–H and O–H groups in total. The molecule has 106 valence electrons. The van der Waals surface area contributed by atoms with E-state index in [0.29, 0.717) is 6.42 Å². The Bertz CT molecular complexity index is 435. The maximum absolute atomic E-state index is 11.6. The first-order valence-corrected chi connectivity index (χ1v) is 7.51. The van der Waals surface area contributed by atoms with Crippen LogP contribution in [0.5, 0.6) is 0 Å². The summed E-state index contributed by atoms with van der Waals surface area (Å²) in [6.45, 7) is -0.263. The number of carbonyl (C=O) groups excluding carboxylic acids is 1. The summed E-state index contributed by atoms with van der Waals surface area (Å²) >= 11 is 4.99. The van der Waals surface area contributed by atoms with Gasteiger partial charge in [0.1, 0.15) is 6.04 Å². The maximum atomic E-state index is 11.6. The molecule has 0 radical (unpaired) electrons. The molecule has 0 saturated carbocycles. The van der Waals surface area contributed by atoms with Crippen LogP contribution in [0.1, 0.15) is 24.1 Å². The highest BCUT2D eigenvalue weighted by atomic mass is 79.9. The zero-order valence-corrected chi connectivity index (χ0v) is 12.7. The molecule has 0 spiro atoms. The highest BCUT2D eigenvalue weighted by Crippen LogP contribution is 2.23. The summed E-state index contributed by atoms with van der Waals surface area (Å²) in [5.74, 6) is -1.42. The van der Waals surface area contributed by atoms with Crippen LogP contribution >= 0.6 is 27.3 Å². The van der Waals surface area contributed by atoms with E-state index in [1.165, 1.54) is 4.88 Å². The van der Waals surface area contributed by atoms with Crippen molar-refractivity contribution in [2.24, 2.45) is 0 Å². The van der Waals surface area contributed by atoms with E-state index >= 15 is 0 Å². The molecule has 0 aliphatic heterocycles. The average molecular weight is 350 g/mol. The van der Waals surface area contributed by atoms with Crippen LogP contribution < -0.4 is 5.32 Å². The smallest absolute Gasteiger partial charge is 0.326 e. The van der Waals surface area contributed by atoms with Gasteiger partial charge in [0.15, 0.2) is 0 Å². The lowest BCUT2D eigenvalue weighted by molar-refractivity contribution is -0.142. The number of nitrogens with one attached hydrogen (secondary N) is 1. The van der Waals surface area contributed by atoms with Crippen molar-refractivity contribution >= 4 is 39.1 Å². The highest BCUT2D eigenvalue weighted by Gasteiger charge is 2.18. The van der Waals surface area contributed by atoms with Gasteiger partial charge in [0.2, 0.25) is 5.91 Å². The van der Waals surface area contributed by atoms with Gasteiger partial charge in [-0.2, -0.15) is 0 Å².